The van der Waals surface area contributed by atoms with Gasteiger partial charge >= 0.3 is 0 Å². The highest BCUT2D eigenvalue weighted by Crippen LogP contribution is 2.35. The van der Waals surface area contributed by atoms with Gasteiger partial charge in [-0.1, -0.05) is 13.8 Å². The fraction of sp³-hybridized carbons (Fsp3) is 0.786. The molecule has 0 aliphatic rings. The molecular formula is C14H26BrN3O. The number of halogens is 1. The van der Waals surface area contributed by atoms with Crippen molar-refractivity contribution in [2.75, 3.05) is 13.7 Å². The summed E-state index contributed by atoms with van der Waals surface area (Å²) in [6.07, 6.45) is 3.90. The molecule has 19 heavy (non-hydrogen) atoms. The van der Waals surface area contributed by atoms with E-state index in [-0.39, 0.29) is 11.6 Å². The number of nitrogens with one attached hydrogen (secondary N) is 1. The van der Waals surface area contributed by atoms with Crippen LogP contribution in [0.25, 0.3) is 0 Å². The molecule has 0 saturated heterocycles. The molecule has 2 unspecified atom stereocenters. The van der Waals surface area contributed by atoms with Crippen molar-refractivity contribution in [3.63, 3.8) is 0 Å². The molecule has 0 bridgehead atoms. The van der Waals surface area contributed by atoms with E-state index >= 15 is 0 Å². The minimum absolute atomic E-state index is 0.124. The first-order valence-corrected chi connectivity index (χ1v) is 7.83. The quantitative estimate of drug-likeness (QED) is 0.792. The van der Waals surface area contributed by atoms with Crippen LogP contribution in [0.2, 0.25) is 0 Å². The van der Waals surface area contributed by atoms with E-state index in [0.29, 0.717) is 0 Å². The fourth-order valence-electron chi connectivity index (χ4n) is 2.27. The zero-order chi connectivity index (χ0) is 14.5. The van der Waals surface area contributed by atoms with Crippen LogP contribution >= 0.6 is 15.9 Å². The Morgan fingerprint density at radius 2 is 2.16 bits per heavy atom. The summed E-state index contributed by atoms with van der Waals surface area (Å²) in [5, 5.41) is 8.03. The predicted octanol–water partition coefficient (Wildman–Crippen LogP) is 3.52. The molecule has 0 aromatic carbocycles. The lowest BCUT2D eigenvalue weighted by Gasteiger charge is -2.37. The zero-order valence-corrected chi connectivity index (χ0v) is 14.2. The summed E-state index contributed by atoms with van der Waals surface area (Å²) in [6.45, 7) is 10.4. The van der Waals surface area contributed by atoms with E-state index in [1.54, 1.807) is 7.11 Å². The number of methoxy groups -OCH3 is 1. The van der Waals surface area contributed by atoms with E-state index in [2.05, 4.69) is 54.0 Å². The van der Waals surface area contributed by atoms with E-state index < -0.39 is 0 Å². The first-order chi connectivity index (χ1) is 9.03. The molecule has 0 radical (unpaired) electrons. The Bertz CT molecular complexity index is 388. The normalized spacial score (nSPS) is 16.3. The lowest BCUT2D eigenvalue weighted by molar-refractivity contribution is -0.0323. The fourth-order valence-corrected chi connectivity index (χ4v) is 2.79. The summed E-state index contributed by atoms with van der Waals surface area (Å²) in [5.41, 5.74) is 0.923. The molecule has 0 saturated carbocycles. The van der Waals surface area contributed by atoms with E-state index in [0.717, 1.165) is 30.4 Å². The van der Waals surface area contributed by atoms with Gasteiger partial charge in [-0.3, -0.25) is 4.68 Å². The highest BCUT2D eigenvalue weighted by Gasteiger charge is 2.36. The summed E-state index contributed by atoms with van der Waals surface area (Å²) in [5.74, 6) is 0. The van der Waals surface area contributed by atoms with Crippen molar-refractivity contribution in [1.29, 1.82) is 0 Å². The zero-order valence-electron chi connectivity index (χ0n) is 12.7. The van der Waals surface area contributed by atoms with Crippen molar-refractivity contribution in [3.8, 4) is 0 Å². The summed E-state index contributed by atoms with van der Waals surface area (Å²) in [6, 6.07) is 0.124. The first kappa shape index (κ1) is 16.7. The van der Waals surface area contributed by atoms with Crippen LogP contribution in [0.15, 0.2) is 10.7 Å². The number of nitrogens with zero attached hydrogens (tertiary/aromatic N) is 2. The van der Waals surface area contributed by atoms with Crippen molar-refractivity contribution in [2.24, 2.45) is 0 Å². The first-order valence-electron chi connectivity index (χ1n) is 7.03. The molecule has 0 aliphatic carbocycles. The Morgan fingerprint density at radius 3 is 2.63 bits per heavy atom. The van der Waals surface area contributed by atoms with Gasteiger partial charge in [-0.15, -0.1) is 0 Å². The van der Waals surface area contributed by atoms with E-state index in [1.165, 1.54) is 5.69 Å². The Kier molecular flexibility index (Phi) is 6.50. The van der Waals surface area contributed by atoms with Gasteiger partial charge in [0.05, 0.1) is 28.0 Å². The van der Waals surface area contributed by atoms with Gasteiger partial charge in [0.1, 0.15) is 0 Å². The van der Waals surface area contributed by atoms with Crippen LogP contribution in [0.3, 0.4) is 0 Å². The standard InChI is InChI=1S/C14H26BrN3O/c1-6-9-16-13(14(4,7-2)19-5)12-11(15)10-17-18(12)8-3/h10,13,16H,6-9H2,1-5H3. The Morgan fingerprint density at radius 1 is 1.47 bits per heavy atom. The predicted molar refractivity (Wildman–Crippen MR) is 82.3 cm³/mol. The van der Waals surface area contributed by atoms with Gasteiger partial charge in [-0.05, 0) is 49.2 Å². The average molecular weight is 332 g/mol. The minimum atomic E-state index is -0.245. The third-order valence-corrected chi connectivity index (χ3v) is 4.39. The van der Waals surface area contributed by atoms with Crippen LogP contribution in [0.5, 0.6) is 0 Å². The molecule has 0 spiro atoms. The second kappa shape index (κ2) is 7.41. The second-order valence-electron chi connectivity index (χ2n) is 4.95. The number of rotatable bonds is 8. The minimum Gasteiger partial charge on any atom is -0.376 e. The van der Waals surface area contributed by atoms with Crippen molar-refractivity contribution < 1.29 is 4.74 Å². The maximum Gasteiger partial charge on any atom is 0.0857 e. The maximum absolute atomic E-state index is 5.80. The van der Waals surface area contributed by atoms with Crippen LogP contribution in [-0.2, 0) is 11.3 Å². The molecule has 0 amide bonds. The van der Waals surface area contributed by atoms with Crippen LogP contribution in [-0.4, -0.2) is 29.0 Å². The monoisotopic (exact) mass is 331 g/mol. The maximum atomic E-state index is 5.80. The Balaban J connectivity index is 3.18. The summed E-state index contributed by atoms with van der Waals surface area (Å²) >= 11 is 3.62. The number of ether oxygens (including phenoxy) is 1. The van der Waals surface area contributed by atoms with E-state index in [4.69, 9.17) is 4.74 Å². The highest BCUT2D eigenvalue weighted by atomic mass is 79.9. The third kappa shape index (κ3) is 3.58. The van der Waals surface area contributed by atoms with Gasteiger partial charge in [0.25, 0.3) is 0 Å². The van der Waals surface area contributed by atoms with E-state index in [9.17, 15) is 0 Å². The van der Waals surface area contributed by atoms with Crippen LogP contribution in [0.1, 0.15) is 52.3 Å². The van der Waals surface area contributed by atoms with Crippen LogP contribution < -0.4 is 5.32 Å². The van der Waals surface area contributed by atoms with Crippen molar-refractivity contribution >= 4 is 15.9 Å². The lowest BCUT2D eigenvalue weighted by atomic mass is 9.90. The van der Waals surface area contributed by atoms with Gasteiger partial charge in [-0.25, -0.2) is 0 Å². The lowest BCUT2D eigenvalue weighted by Crippen LogP contribution is -2.44. The molecule has 0 aliphatic heterocycles. The molecule has 1 rings (SSSR count). The molecule has 0 fully saturated rings. The van der Waals surface area contributed by atoms with Crippen LogP contribution in [0.4, 0.5) is 0 Å². The van der Waals surface area contributed by atoms with Gasteiger partial charge < -0.3 is 10.1 Å². The summed E-state index contributed by atoms with van der Waals surface area (Å²) < 4.78 is 8.87. The SMILES string of the molecule is CCCNC(c1c(Br)cnn1CC)C(C)(CC)OC. The average Bonchev–Trinajstić information content (AvgIpc) is 2.80. The van der Waals surface area contributed by atoms with Gasteiger partial charge in [0, 0.05) is 13.7 Å². The Labute approximate surface area is 125 Å². The summed E-state index contributed by atoms with van der Waals surface area (Å²) in [7, 11) is 1.78. The Hall–Kier alpha value is -0.390. The van der Waals surface area contributed by atoms with Crippen molar-refractivity contribution in [3.05, 3.63) is 16.4 Å². The largest absolute Gasteiger partial charge is 0.376 e. The van der Waals surface area contributed by atoms with E-state index in [1.807, 2.05) is 10.9 Å². The summed E-state index contributed by atoms with van der Waals surface area (Å²) in [4.78, 5) is 0. The number of aryl methyl sites for hydroxylation is 1. The smallest absolute Gasteiger partial charge is 0.0857 e. The molecule has 1 N–H and O–H groups in total. The highest BCUT2D eigenvalue weighted by molar-refractivity contribution is 9.10. The molecule has 4 nitrogen and oxygen atoms in total. The van der Waals surface area contributed by atoms with Gasteiger partial charge in [0.2, 0.25) is 0 Å². The number of hydrogen-bond acceptors (Lipinski definition) is 3. The van der Waals surface area contributed by atoms with Crippen molar-refractivity contribution in [1.82, 2.24) is 15.1 Å². The van der Waals surface area contributed by atoms with Crippen LogP contribution in [0, 0.1) is 0 Å². The van der Waals surface area contributed by atoms with Gasteiger partial charge in [0.15, 0.2) is 0 Å². The molecule has 5 heteroatoms. The molecule has 2 atom stereocenters. The number of hydrogen-bond donors (Lipinski definition) is 1. The molecule has 1 aromatic rings. The van der Waals surface area contributed by atoms with Crippen molar-refractivity contribution in [2.45, 2.75) is 58.7 Å². The van der Waals surface area contributed by atoms with Gasteiger partial charge in [-0.2, -0.15) is 5.10 Å². The third-order valence-electron chi connectivity index (χ3n) is 3.78. The second-order valence-corrected chi connectivity index (χ2v) is 5.81. The molecule has 1 heterocycles. The molecule has 110 valence electrons. The molecular weight excluding hydrogens is 306 g/mol. The molecule has 1 aromatic heterocycles. The topological polar surface area (TPSA) is 39.1 Å². The number of aromatic nitrogens is 2.